The zero-order valence-corrected chi connectivity index (χ0v) is 11.5. The van der Waals surface area contributed by atoms with Crippen molar-refractivity contribution in [2.24, 2.45) is 5.73 Å². The number of pyridine rings is 1. The number of nitrogen functional groups attached to an aromatic ring is 1. The van der Waals surface area contributed by atoms with Crippen LogP contribution in [0, 0.1) is 5.41 Å². The minimum atomic E-state index is -4.55. The van der Waals surface area contributed by atoms with E-state index >= 15 is 0 Å². The van der Waals surface area contributed by atoms with Crippen molar-refractivity contribution in [3.63, 3.8) is 0 Å². The minimum Gasteiger partial charge on any atom is -0.390 e. The summed E-state index contributed by atoms with van der Waals surface area (Å²) >= 11 is 0. The Hall–Kier alpha value is -1.83. The lowest BCUT2D eigenvalue weighted by Gasteiger charge is -2.37. The first-order valence-electron chi connectivity index (χ1n) is 6.50. The molecule has 0 aromatic carbocycles. The van der Waals surface area contributed by atoms with Crippen LogP contribution in [0.15, 0.2) is 12.1 Å². The highest BCUT2D eigenvalue weighted by Crippen LogP contribution is 2.32. The first-order chi connectivity index (χ1) is 9.60. The van der Waals surface area contributed by atoms with Crippen molar-refractivity contribution in [3.8, 4) is 0 Å². The van der Waals surface area contributed by atoms with Gasteiger partial charge in [-0.3, -0.25) is 5.41 Å². The highest BCUT2D eigenvalue weighted by molar-refractivity contribution is 5.99. The van der Waals surface area contributed by atoms with Crippen molar-refractivity contribution in [1.29, 1.82) is 5.41 Å². The Balaban J connectivity index is 2.38. The number of aliphatic hydroxyl groups is 1. The van der Waals surface area contributed by atoms with E-state index in [0.29, 0.717) is 25.9 Å². The van der Waals surface area contributed by atoms with E-state index in [-0.39, 0.29) is 17.2 Å². The van der Waals surface area contributed by atoms with E-state index in [2.05, 4.69) is 4.98 Å². The molecule has 1 fully saturated rings. The van der Waals surface area contributed by atoms with Gasteiger partial charge in [-0.2, -0.15) is 13.2 Å². The molecule has 8 heteroatoms. The Morgan fingerprint density at radius 3 is 2.43 bits per heavy atom. The van der Waals surface area contributed by atoms with Gasteiger partial charge in [0, 0.05) is 13.1 Å². The summed E-state index contributed by atoms with van der Waals surface area (Å²) in [7, 11) is 0. The second-order valence-corrected chi connectivity index (χ2v) is 5.46. The predicted octanol–water partition coefficient (Wildman–Crippen LogP) is 1.74. The number of nitrogens with two attached hydrogens (primary N) is 1. The van der Waals surface area contributed by atoms with Crippen LogP contribution in [0.2, 0.25) is 0 Å². The molecule has 0 radical (unpaired) electrons. The zero-order chi connectivity index (χ0) is 15.8. The second kappa shape index (κ2) is 5.18. The Bertz CT molecular complexity index is 547. The average molecular weight is 302 g/mol. The lowest BCUT2D eigenvalue weighted by atomic mass is 9.93. The maximum Gasteiger partial charge on any atom is 0.433 e. The van der Waals surface area contributed by atoms with Crippen LogP contribution in [0.3, 0.4) is 0 Å². The number of rotatable bonds is 2. The van der Waals surface area contributed by atoms with Gasteiger partial charge in [-0.15, -0.1) is 0 Å². The van der Waals surface area contributed by atoms with Crippen LogP contribution in [0.4, 0.5) is 19.0 Å². The number of anilines is 1. The van der Waals surface area contributed by atoms with Gasteiger partial charge in [0.25, 0.3) is 0 Å². The second-order valence-electron chi connectivity index (χ2n) is 5.46. The summed E-state index contributed by atoms with van der Waals surface area (Å²) in [6.45, 7) is 2.42. The fraction of sp³-hybridized carbons (Fsp3) is 0.538. The summed E-state index contributed by atoms with van der Waals surface area (Å²) in [6, 6.07) is 1.99. The van der Waals surface area contributed by atoms with Crippen molar-refractivity contribution >= 4 is 11.7 Å². The highest BCUT2D eigenvalue weighted by Gasteiger charge is 2.35. The van der Waals surface area contributed by atoms with Gasteiger partial charge in [0.15, 0.2) is 0 Å². The molecule has 1 saturated heterocycles. The maximum atomic E-state index is 12.8. The number of nitrogens with zero attached hydrogens (tertiary/aromatic N) is 2. The van der Waals surface area contributed by atoms with Crippen LogP contribution >= 0.6 is 0 Å². The molecule has 1 aliphatic rings. The van der Waals surface area contributed by atoms with Crippen LogP contribution in [0.25, 0.3) is 0 Å². The molecule has 1 aliphatic heterocycles. The molecule has 0 unspecified atom stereocenters. The van der Waals surface area contributed by atoms with E-state index in [0.717, 1.165) is 6.07 Å². The molecule has 2 rings (SSSR count). The molecule has 0 amide bonds. The minimum absolute atomic E-state index is 0.0489. The molecule has 0 bridgehead atoms. The lowest BCUT2D eigenvalue weighted by Crippen LogP contribution is -2.43. The van der Waals surface area contributed by atoms with E-state index in [1.807, 2.05) is 0 Å². The number of nitrogens with one attached hydrogen (secondary N) is 1. The van der Waals surface area contributed by atoms with Gasteiger partial charge < -0.3 is 15.7 Å². The maximum absolute atomic E-state index is 12.8. The fourth-order valence-electron chi connectivity index (χ4n) is 2.26. The SMILES string of the molecule is CC1(O)CCN(c2nc(C(F)(F)F)ccc2C(=N)N)CC1. The molecule has 0 aliphatic carbocycles. The largest absolute Gasteiger partial charge is 0.433 e. The summed E-state index contributed by atoms with van der Waals surface area (Å²) < 4.78 is 38.4. The third-order valence-corrected chi connectivity index (χ3v) is 3.60. The number of halogens is 3. The van der Waals surface area contributed by atoms with Gasteiger partial charge in [0.2, 0.25) is 0 Å². The molecular weight excluding hydrogens is 285 g/mol. The van der Waals surface area contributed by atoms with E-state index < -0.39 is 17.5 Å². The first-order valence-corrected chi connectivity index (χ1v) is 6.50. The summed E-state index contributed by atoms with van der Waals surface area (Å²) in [5.74, 6) is -0.281. The first kappa shape index (κ1) is 15.6. The molecule has 0 spiro atoms. The van der Waals surface area contributed by atoms with E-state index in [1.165, 1.54) is 6.07 Å². The zero-order valence-electron chi connectivity index (χ0n) is 11.5. The van der Waals surface area contributed by atoms with E-state index in [1.54, 1.807) is 11.8 Å². The summed E-state index contributed by atoms with van der Waals surface area (Å²) in [4.78, 5) is 5.26. The Morgan fingerprint density at radius 2 is 1.95 bits per heavy atom. The lowest BCUT2D eigenvalue weighted by molar-refractivity contribution is -0.141. The van der Waals surface area contributed by atoms with Gasteiger partial charge in [0.05, 0.1) is 11.2 Å². The van der Waals surface area contributed by atoms with E-state index in [4.69, 9.17) is 11.1 Å². The van der Waals surface area contributed by atoms with Crippen molar-refractivity contribution in [3.05, 3.63) is 23.4 Å². The molecule has 0 atom stereocenters. The molecule has 2 heterocycles. The molecule has 0 saturated carbocycles. The van der Waals surface area contributed by atoms with Crippen molar-refractivity contribution < 1.29 is 18.3 Å². The summed E-state index contributed by atoms with van der Waals surface area (Å²) in [5, 5.41) is 17.4. The molecule has 1 aromatic rings. The van der Waals surface area contributed by atoms with Crippen molar-refractivity contribution in [2.45, 2.75) is 31.5 Å². The van der Waals surface area contributed by atoms with Gasteiger partial charge in [0.1, 0.15) is 17.3 Å². The topological polar surface area (TPSA) is 86.2 Å². The molecule has 5 nitrogen and oxygen atoms in total. The molecular formula is C13H17F3N4O. The fourth-order valence-corrected chi connectivity index (χ4v) is 2.26. The van der Waals surface area contributed by atoms with Crippen molar-refractivity contribution in [1.82, 2.24) is 4.98 Å². The average Bonchev–Trinajstić information content (AvgIpc) is 2.37. The van der Waals surface area contributed by atoms with E-state index in [9.17, 15) is 18.3 Å². The number of aromatic nitrogens is 1. The normalized spacial score (nSPS) is 18.6. The van der Waals surface area contributed by atoms with Gasteiger partial charge in [-0.25, -0.2) is 4.98 Å². The van der Waals surface area contributed by atoms with Crippen LogP contribution < -0.4 is 10.6 Å². The van der Waals surface area contributed by atoms with Crippen LogP contribution in [-0.4, -0.2) is 34.6 Å². The number of hydrogen-bond acceptors (Lipinski definition) is 4. The molecule has 1 aromatic heterocycles. The van der Waals surface area contributed by atoms with Crippen LogP contribution in [0.5, 0.6) is 0 Å². The van der Waals surface area contributed by atoms with Crippen LogP contribution in [-0.2, 0) is 6.18 Å². The monoisotopic (exact) mass is 302 g/mol. The van der Waals surface area contributed by atoms with Gasteiger partial charge in [-0.1, -0.05) is 0 Å². The third-order valence-electron chi connectivity index (χ3n) is 3.60. The number of alkyl halides is 3. The molecule has 21 heavy (non-hydrogen) atoms. The molecule has 4 N–H and O–H groups in total. The summed E-state index contributed by atoms with van der Waals surface area (Å²) in [6.07, 6.45) is -3.71. The smallest absolute Gasteiger partial charge is 0.390 e. The number of amidine groups is 1. The number of piperidine rings is 1. The van der Waals surface area contributed by atoms with Gasteiger partial charge >= 0.3 is 6.18 Å². The summed E-state index contributed by atoms with van der Waals surface area (Å²) in [5.41, 5.74) is 3.75. The quantitative estimate of drug-likeness (QED) is 0.573. The van der Waals surface area contributed by atoms with Gasteiger partial charge in [-0.05, 0) is 31.9 Å². The standard InChI is InChI=1S/C13H17F3N4O/c1-12(21)4-6-20(7-5-12)11-8(10(17)18)2-3-9(19-11)13(14,15)16/h2-3,21H,4-7H2,1H3,(H3,17,18). The Labute approximate surface area is 120 Å². The Morgan fingerprint density at radius 1 is 1.38 bits per heavy atom. The third kappa shape index (κ3) is 3.44. The number of hydrogen-bond donors (Lipinski definition) is 3. The highest BCUT2D eigenvalue weighted by atomic mass is 19.4. The Kier molecular flexibility index (Phi) is 3.83. The van der Waals surface area contributed by atoms with Crippen LogP contribution in [0.1, 0.15) is 31.0 Å². The van der Waals surface area contributed by atoms with Crippen molar-refractivity contribution in [2.75, 3.05) is 18.0 Å². The molecule has 116 valence electrons. The predicted molar refractivity (Wildman–Crippen MR) is 72.3 cm³/mol.